The van der Waals surface area contributed by atoms with Crippen LogP contribution in [0.15, 0.2) is 36.4 Å². The quantitative estimate of drug-likeness (QED) is 0.427. The summed E-state index contributed by atoms with van der Waals surface area (Å²) in [6, 6.07) is 9.11. The van der Waals surface area contributed by atoms with E-state index in [2.05, 4.69) is 0 Å². The molecular weight excluding hydrogens is 382 g/mol. The molecule has 0 aliphatic rings. The van der Waals surface area contributed by atoms with Crippen LogP contribution in [0.4, 0.5) is 0 Å². The zero-order valence-corrected chi connectivity index (χ0v) is 14.3. The summed E-state index contributed by atoms with van der Waals surface area (Å²) >= 11 is 23.5. The van der Waals surface area contributed by atoms with Gasteiger partial charge >= 0.3 is 5.97 Å². The van der Waals surface area contributed by atoms with Crippen LogP contribution < -0.4 is 0 Å². The van der Waals surface area contributed by atoms with E-state index in [9.17, 15) is 9.59 Å². The molecule has 7 heteroatoms. The first-order chi connectivity index (χ1) is 10.8. The number of carbonyl (C=O) groups is 2. The Labute approximate surface area is 152 Å². The molecule has 0 bridgehead atoms. The molecular formula is C16H8Cl4O3. The van der Waals surface area contributed by atoms with Gasteiger partial charge in [0, 0.05) is 5.57 Å². The molecule has 0 spiro atoms. The van der Waals surface area contributed by atoms with Crippen molar-refractivity contribution >= 4 is 69.8 Å². The summed E-state index contributed by atoms with van der Waals surface area (Å²) in [6.07, 6.45) is 1.40. The van der Waals surface area contributed by atoms with Crippen LogP contribution in [-0.4, -0.2) is 16.9 Å². The number of halogens is 4. The van der Waals surface area contributed by atoms with Gasteiger partial charge in [-0.1, -0.05) is 58.5 Å². The van der Waals surface area contributed by atoms with E-state index in [1.54, 1.807) is 12.1 Å². The maximum atomic E-state index is 12.0. The highest BCUT2D eigenvalue weighted by atomic mass is 35.5. The lowest BCUT2D eigenvalue weighted by Crippen LogP contribution is -2.14. The number of ketones is 1. The van der Waals surface area contributed by atoms with Crippen molar-refractivity contribution in [3.63, 3.8) is 0 Å². The first-order valence-electron chi connectivity index (χ1n) is 6.19. The minimum atomic E-state index is -1.58. The smallest absolute Gasteiger partial charge is 0.377 e. The lowest BCUT2D eigenvalue weighted by Gasteiger charge is -2.07. The van der Waals surface area contributed by atoms with Crippen molar-refractivity contribution in [2.75, 3.05) is 0 Å². The first-order valence-corrected chi connectivity index (χ1v) is 7.70. The van der Waals surface area contributed by atoms with Gasteiger partial charge in [-0.05, 0) is 41.5 Å². The van der Waals surface area contributed by atoms with Crippen LogP contribution in [0.3, 0.4) is 0 Å². The Kier molecular flexibility index (Phi) is 5.71. The summed E-state index contributed by atoms with van der Waals surface area (Å²) in [5.41, 5.74) is 0.808. The molecule has 2 rings (SSSR count). The van der Waals surface area contributed by atoms with Crippen molar-refractivity contribution in [1.82, 2.24) is 0 Å². The normalized spacial score (nSPS) is 11.4. The summed E-state index contributed by atoms with van der Waals surface area (Å²) in [6.45, 7) is 0. The van der Waals surface area contributed by atoms with Crippen molar-refractivity contribution in [2.24, 2.45) is 0 Å². The number of Topliss-reactive ketones (excluding diaryl/α,β-unsaturated/α-hetero) is 1. The minimum Gasteiger partial charge on any atom is -0.475 e. The molecule has 0 atom stereocenters. The van der Waals surface area contributed by atoms with Crippen molar-refractivity contribution < 1.29 is 14.7 Å². The average molecular weight is 390 g/mol. The van der Waals surface area contributed by atoms with Crippen LogP contribution in [-0.2, 0) is 9.59 Å². The maximum Gasteiger partial charge on any atom is 0.377 e. The number of carboxylic acid groups (broad SMARTS) is 1. The van der Waals surface area contributed by atoms with Crippen LogP contribution in [0.25, 0.3) is 11.6 Å². The van der Waals surface area contributed by atoms with E-state index in [-0.39, 0.29) is 15.6 Å². The minimum absolute atomic E-state index is 0.0468. The third kappa shape index (κ3) is 4.27. The van der Waals surface area contributed by atoms with Crippen LogP contribution in [0.1, 0.15) is 11.1 Å². The Bertz CT molecular complexity index is 828. The molecule has 0 aliphatic carbocycles. The summed E-state index contributed by atoms with van der Waals surface area (Å²) in [4.78, 5) is 23.1. The van der Waals surface area contributed by atoms with Gasteiger partial charge in [0.05, 0.1) is 20.1 Å². The molecule has 0 saturated heterocycles. The maximum absolute atomic E-state index is 12.0. The highest BCUT2D eigenvalue weighted by molar-refractivity contribution is 6.53. The van der Waals surface area contributed by atoms with E-state index in [1.807, 2.05) is 0 Å². The second-order valence-corrected chi connectivity index (χ2v) is 6.12. The van der Waals surface area contributed by atoms with E-state index in [0.29, 0.717) is 21.2 Å². The Hall–Kier alpha value is -1.52. The topological polar surface area (TPSA) is 54.4 Å². The molecule has 0 aromatic heterocycles. The average Bonchev–Trinajstić information content (AvgIpc) is 2.50. The molecule has 0 radical (unpaired) electrons. The molecule has 23 heavy (non-hydrogen) atoms. The van der Waals surface area contributed by atoms with E-state index < -0.39 is 11.8 Å². The largest absolute Gasteiger partial charge is 0.475 e. The van der Waals surface area contributed by atoms with Crippen molar-refractivity contribution in [2.45, 2.75) is 0 Å². The summed E-state index contributed by atoms with van der Waals surface area (Å²) < 4.78 is 0. The molecule has 118 valence electrons. The van der Waals surface area contributed by atoms with E-state index in [4.69, 9.17) is 51.5 Å². The number of carbonyl (C=O) groups excluding carboxylic acids is 1. The van der Waals surface area contributed by atoms with Gasteiger partial charge in [0.25, 0.3) is 5.78 Å². The number of hydrogen-bond donors (Lipinski definition) is 1. The molecule has 0 amide bonds. The Morgan fingerprint density at radius 1 is 0.826 bits per heavy atom. The van der Waals surface area contributed by atoms with Gasteiger partial charge in [-0.25, -0.2) is 4.79 Å². The van der Waals surface area contributed by atoms with Crippen molar-refractivity contribution in [3.8, 4) is 0 Å². The van der Waals surface area contributed by atoms with Crippen LogP contribution in [0, 0.1) is 0 Å². The zero-order chi connectivity index (χ0) is 17.1. The van der Waals surface area contributed by atoms with Gasteiger partial charge in [0.1, 0.15) is 0 Å². The summed E-state index contributed by atoms with van der Waals surface area (Å²) in [7, 11) is 0. The first kappa shape index (κ1) is 17.8. The van der Waals surface area contributed by atoms with Gasteiger partial charge in [-0.2, -0.15) is 0 Å². The predicted octanol–water partition coefficient (Wildman–Crippen LogP) is 5.49. The third-order valence-electron chi connectivity index (χ3n) is 2.92. The fourth-order valence-corrected chi connectivity index (χ4v) is 2.43. The lowest BCUT2D eigenvalue weighted by atomic mass is 9.99. The van der Waals surface area contributed by atoms with Crippen LogP contribution in [0.5, 0.6) is 0 Å². The van der Waals surface area contributed by atoms with E-state index in [0.717, 1.165) is 0 Å². The molecule has 0 saturated carbocycles. The van der Waals surface area contributed by atoms with Gasteiger partial charge in [0.2, 0.25) is 0 Å². The lowest BCUT2D eigenvalue weighted by molar-refractivity contribution is -0.146. The Morgan fingerprint density at radius 2 is 1.39 bits per heavy atom. The van der Waals surface area contributed by atoms with Crippen LogP contribution >= 0.6 is 46.4 Å². The van der Waals surface area contributed by atoms with E-state index >= 15 is 0 Å². The fraction of sp³-hybridized carbons (Fsp3) is 0. The summed E-state index contributed by atoms with van der Waals surface area (Å²) in [5.74, 6) is -2.66. The number of aliphatic carboxylic acids is 1. The molecule has 0 heterocycles. The van der Waals surface area contributed by atoms with Gasteiger partial charge < -0.3 is 5.11 Å². The van der Waals surface area contributed by atoms with Crippen molar-refractivity contribution in [1.29, 1.82) is 0 Å². The van der Waals surface area contributed by atoms with Gasteiger partial charge in [-0.3, -0.25) is 4.79 Å². The molecule has 2 aromatic rings. The van der Waals surface area contributed by atoms with Crippen molar-refractivity contribution in [3.05, 3.63) is 67.6 Å². The highest BCUT2D eigenvalue weighted by Gasteiger charge is 2.20. The standard InChI is InChI=1S/C16H8Cl4O3/c17-11-3-1-8(6-13(11)19)5-10(15(21)16(22)23)9-2-4-12(18)14(20)7-9/h1-7H,(H,22,23)/b10-5-. The molecule has 2 aromatic carbocycles. The molecule has 3 nitrogen and oxygen atoms in total. The number of benzene rings is 2. The number of rotatable bonds is 4. The van der Waals surface area contributed by atoms with E-state index in [1.165, 1.54) is 30.3 Å². The molecule has 0 aliphatic heterocycles. The predicted molar refractivity (Wildman–Crippen MR) is 93.4 cm³/mol. The number of hydrogen-bond acceptors (Lipinski definition) is 2. The highest BCUT2D eigenvalue weighted by Crippen LogP contribution is 2.29. The van der Waals surface area contributed by atoms with Crippen LogP contribution in [0.2, 0.25) is 20.1 Å². The number of carboxylic acids is 1. The summed E-state index contributed by atoms with van der Waals surface area (Å²) in [5, 5.41) is 10.2. The zero-order valence-electron chi connectivity index (χ0n) is 11.3. The molecule has 0 fully saturated rings. The monoisotopic (exact) mass is 388 g/mol. The van der Waals surface area contributed by atoms with Gasteiger partial charge in [-0.15, -0.1) is 0 Å². The second kappa shape index (κ2) is 7.37. The second-order valence-electron chi connectivity index (χ2n) is 4.49. The Balaban J connectivity index is 2.59. The Morgan fingerprint density at radius 3 is 1.91 bits per heavy atom. The third-order valence-corrected chi connectivity index (χ3v) is 4.40. The molecule has 1 N–H and O–H groups in total. The fourth-order valence-electron chi connectivity index (χ4n) is 1.83. The SMILES string of the molecule is O=C(O)C(=O)/C(=C\c1ccc(Cl)c(Cl)c1)c1ccc(Cl)c(Cl)c1. The van der Waals surface area contributed by atoms with Gasteiger partial charge in [0.15, 0.2) is 0 Å². The molecule has 0 unspecified atom stereocenters.